The van der Waals surface area contributed by atoms with E-state index in [1.807, 2.05) is 19.9 Å². The van der Waals surface area contributed by atoms with Gasteiger partial charge < -0.3 is 9.47 Å². The summed E-state index contributed by atoms with van der Waals surface area (Å²) in [6.45, 7) is 5.25. The van der Waals surface area contributed by atoms with Crippen molar-refractivity contribution in [1.29, 1.82) is 0 Å². The highest BCUT2D eigenvalue weighted by atomic mass is 16.5. The maximum Gasteiger partial charge on any atom is 0.168 e. The molecule has 0 aliphatic carbocycles. The molecule has 34 heavy (non-hydrogen) atoms. The summed E-state index contributed by atoms with van der Waals surface area (Å²) in [6.07, 6.45) is 0. The minimum Gasteiger partial charge on any atom is -0.490 e. The molecule has 0 aliphatic rings. The van der Waals surface area contributed by atoms with Crippen molar-refractivity contribution in [3.8, 4) is 11.5 Å². The Kier molecular flexibility index (Phi) is 6.31. The smallest absolute Gasteiger partial charge is 0.168 e. The van der Waals surface area contributed by atoms with Gasteiger partial charge in [0, 0.05) is 5.39 Å². The fourth-order valence-electron chi connectivity index (χ4n) is 4.41. The van der Waals surface area contributed by atoms with Gasteiger partial charge in [0.15, 0.2) is 11.5 Å². The van der Waals surface area contributed by atoms with Gasteiger partial charge in [-0.15, -0.1) is 0 Å². The maximum absolute atomic E-state index is 5.83. The second-order valence-electron chi connectivity index (χ2n) is 8.23. The number of hydrogen-bond donors (Lipinski definition) is 0. The normalized spacial score (nSPS) is 10.9. The summed E-state index contributed by atoms with van der Waals surface area (Å²) in [5, 5.41) is 9.99. The van der Waals surface area contributed by atoms with E-state index in [-0.39, 0.29) is 0 Å². The predicted octanol–water partition coefficient (Wildman–Crippen LogP) is 8.78. The highest BCUT2D eigenvalue weighted by Gasteiger charge is 2.10. The number of hydrogen-bond acceptors (Lipinski definition) is 2. The number of fused-ring (bicyclic) bond motifs is 4. The van der Waals surface area contributed by atoms with Crippen molar-refractivity contribution in [3.05, 3.63) is 109 Å². The first kappa shape index (κ1) is 21.8. The molecule has 0 N–H and O–H groups in total. The third-order valence-corrected chi connectivity index (χ3v) is 6.00. The van der Waals surface area contributed by atoms with Crippen molar-refractivity contribution in [2.24, 2.45) is 0 Å². The summed E-state index contributed by atoms with van der Waals surface area (Å²) < 4.78 is 11.5. The molecular formula is C32H28O2. The van der Waals surface area contributed by atoms with Crippen LogP contribution in [0.5, 0.6) is 11.5 Å². The Bertz CT molecular complexity index is 1480. The molecule has 0 aliphatic heterocycles. The molecule has 6 aromatic rings. The molecule has 0 aromatic heterocycles. The topological polar surface area (TPSA) is 18.5 Å². The van der Waals surface area contributed by atoms with Gasteiger partial charge in [0.1, 0.15) is 0 Å². The Hall–Kier alpha value is -4.04. The maximum atomic E-state index is 5.83. The number of rotatable bonds is 4. The van der Waals surface area contributed by atoms with E-state index in [2.05, 4.69) is 103 Å². The Morgan fingerprint density at radius 1 is 0.441 bits per heavy atom. The second kappa shape index (κ2) is 9.84. The van der Waals surface area contributed by atoms with Gasteiger partial charge in [-0.3, -0.25) is 0 Å². The second-order valence-corrected chi connectivity index (χ2v) is 8.23. The average molecular weight is 445 g/mol. The monoisotopic (exact) mass is 444 g/mol. The van der Waals surface area contributed by atoms with Crippen molar-refractivity contribution in [2.45, 2.75) is 13.8 Å². The molecule has 2 heteroatoms. The molecule has 6 rings (SSSR count). The molecular weight excluding hydrogens is 416 g/mol. The van der Waals surface area contributed by atoms with Crippen molar-refractivity contribution in [2.75, 3.05) is 13.2 Å². The zero-order valence-corrected chi connectivity index (χ0v) is 19.6. The van der Waals surface area contributed by atoms with Crippen LogP contribution in [0.3, 0.4) is 0 Å². The van der Waals surface area contributed by atoms with Crippen molar-refractivity contribution in [3.63, 3.8) is 0 Å². The first-order chi connectivity index (χ1) is 16.8. The Labute approximate surface area is 200 Å². The van der Waals surface area contributed by atoms with E-state index in [0.29, 0.717) is 13.2 Å². The zero-order chi connectivity index (χ0) is 23.3. The lowest BCUT2D eigenvalue weighted by molar-refractivity contribution is 0.291. The van der Waals surface area contributed by atoms with Crippen LogP contribution in [0.1, 0.15) is 13.8 Å². The van der Waals surface area contributed by atoms with Crippen LogP contribution in [0.15, 0.2) is 109 Å². The molecule has 2 nitrogen and oxygen atoms in total. The van der Waals surface area contributed by atoms with Crippen LogP contribution in [0.4, 0.5) is 0 Å². The van der Waals surface area contributed by atoms with E-state index in [1.165, 1.54) is 37.7 Å². The first-order valence-corrected chi connectivity index (χ1v) is 11.9. The third kappa shape index (κ3) is 4.40. The van der Waals surface area contributed by atoms with Gasteiger partial charge in [0.2, 0.25) is 0 Å². The Balaban J connectivity index is 0.000000150. The van der Waals surface area contributed by atoms with Crippen molar-refractivity contribution < 1.29 is 9.47 Å². The van der Waals surface area contributed by atoms with Crippen LogP contribution in [0.25, 0.3) is 43.1 Å². The summed E-state index contributed by atoms with van der Waals surface area (Å²) >= 11 is 0. The summed E-state index contributed by atoms with van der Waals surface area (Å²) in [7, 11) is 0. The highest BCUT2D eigenvalue weighted by molar-refractivity contribution is 6.02. The van der Waals surface area contributed by atoms with Crippen LogP contribution in [-0.4, -0.2) is 13.2 Å². The number of benzene rings is 6. The molecule has 0 fully saturated rings. The van der Waals surface area contributed by atoms with Gasteiger partial charge in [0.25, 0.3) is 0 Å². The van der Waals surface area contributed by atoms with E-state index in [9.17, 15) is 0 Å². The molecule has 0 saturated heterocycles. The fraction of sp³-hybridized carbons (Fsp3) is 0.125. The molecule has 168 valence electrons. The number of ether oxygens (including phenoxy) is 2. The largest absolute Gasteiger partial charge is 0.490 e. The molecule has 0 heterocycles. The van der Waals surface area contributed by atoms with Crippen molar-refractivity contribution in [1.82, 2.24) is 0 Å². The predicted molar refractivity (Wildman–Crippen MR) is 145 cm³/mol. The lowest BCUT2D eigenvalue weighted by Gasteiger charge is -2.14. The first-order valence-electron chi connectivity index (χ1n) is 11.9. The van der Waals surface area contributed by atoms with Crippen LogP contribution < -0.4 is 9.47 Å². The standard InChI is InChI=1S/C18H18O2.C14H10/c1-3-19-17-10-9-15-11-13-7-5-6-8-14(13)12-16(15)18(17)20-4-2;1-2-6-12-10-14-8-4-3-7-13(14)9-11(12)5-1/h5-12H,3-4H2,1-2H3;1-10H. The fourth-order valence-corrected chi connectivity index (χ4v) is 4.41. The Morgan fingerprint density at radius 2 is 0.853 bits per heavy atom. The SMILES string of the molecule is CCOc1ccc2cc3ccccc3cc2c1OCC.c1ccc2cc3ccccc3cc2c1. The van der Waals surface area contributed by atoms with Gasteiger partial charge in [-0.05, 0) is 81.9 Å². The van der Waals surface area contributed by atoms with Gasteiger partial charge in [-0.25, -0.2) is 0 Å². The average Bonchev–Trinajstić information content (AvgIpc) is 2.88. The molecule has 0 atom stereocenters. The van der Waals surface area contributed by atoms with Gasteiger partial charge >= 0.3 is 0 Å². The molecule has 0 radical (unpaired) electrons. The van der Waals surface area contributed by atoms with Gasteiger partial charge in [-0.2, -0.15) is 0 Å². The molecule has 6 aromatic carbocycles. The van der Waals surface area contributed by atoms with Gasteiger partial charge in [0.05, 0.1) is 13.2 Å². The minimum absolute atomic E-state index is 0.631. The summed E-state index contributed by atoms with van der Waals surface area (Å²) in [4.78, 5) is 0. The Morgan fingerprint density at radius 3 is 1.29 bits per heavy atom. The van der Waals surface area contributed by atoms with E-state index in [1.54, 1.807) is 0 Å². The van der Waals surface area contributed by atoms with E-state index < -0.39 is 0 Å². The molecule has 0 saturated carbocycles. The third-order valence-electron chi connectivity index (χ3n) is 6.00. The van der Waals surface area contributed by atoms with Crippen LogP contribution >= 0.6 is 0 Å². The molecule has 0 bridgehead atoms. The summed E-state index contributed by atoms with van der Waals surface area (Å²) in [5.74, 6) is 1.66. The molecule has 0 unspecified atom stereocenters. The van der Waals surface area contributed by atoms with E-state index >= 15 is 0 Å². The quantitative estimate of drug-likeness (QED) is 0.253. The minimum atomic E-state index is 0.631. The van der Waals surface area contributed by atoms with Gasteiger partial charge in [-0.1, -0.05) is 78.9 Å². The van der Waals surface area contributed by atoms with Crippen LogP contribution in [-0.2, 0) is 0 Å². The van der Waals surface area contributed by atoms with Crippen LogP contribution in [0, 0.1) is 0 Å². The highest BCUT2D eigenvalue weighted by Crippen LogP contribution is 2.37. The summed E-state index contributed by atoms with van der Waals surface area (Å²) in [5.41, 5.74) is 0. The van der Waals surface area contributed by atoms with E-state index in [0.717, 1.165) is 16.9 Å². The lowest BCUT2D eigenvalue weighted by atomic mass is 10.0. The van der Waals surface area contributed by atoms with Crippen molar-refractivity contribution >= 4 is 43.1 Å². The lowest BCUT2D eigenvalue weighted by Crippen LogP contribution is -1.99. The van der Waals surface area contributed by atoms with Crippen LogP contribution in [0.2, 0.25) is 0 Å². The van der Waals surface area contributed by atoms with E-state index in [4.69, 9.17) is 9.47 Å². The molecule has 0 amide bonds. The molecule has 0 spiro atoms. The summed E-state index contributed by atoms with van der Waals surface area (Å²) in [6, 6.07) is 38.3. The zero-order valence-electron chi connectivity index (χ0n) is 19.6.